The lowest BCUT2D eigenvalue weighted by atomic mass is 10.0. The first-order chi connectivity index (χ1) is 10.1. The molecule has 0 spiro atoms. The Labute approximate surface area is 126 Å². The van der Waals surface area contributed by atoms with Crippen molar-refractivity contribution in [3.63, 3.8) is 0 Å². The molecule has 2 aromatic rings. The van der Waals surface area contributed by atoms with E-state index in [2.05, 4.69) is 24.4 Å². The minimum Gasteiger partial charge on any atom is -0.399 e. The zero-order valence-corrected chi connectivity index (χ0v) is 12.6. The molecule has 110 valence electrons. The SMILES string of the molecule is Cc1ccccc1[C@H](C)NC(=O)CCc1ccccc1N. The van der Waals surface area contributed by atoms with Crippen molar-refractivity contribution < 1.29 is 4.79 Å². The number of nitrogens with one attached hydrogen (secondary N) is 1. The summed E-state index contributed by atoms with van der Waals surface area (Å²) in [5, 5.41) is 3.05. The van der Waals surface area contributed by atoms with Crippen molar-refractivity contribution in [2.24, 2.45) is 0 Å². The number of hydrogen-bond acceptors (Lipinski definition) is 2. The molecule has 1 atom stereocenters. The van der Waals surface area contributed by atoms with E-state index in [0.717, 1.165) is 16.8 Å². The molecular formula is C18H22N2O. The summed E-state index contributed by atoms with van der Waals surface area (Å²) in [7, 11) is 0. The van der Waals surface area contributed by atoms with Crippen LogP contribution in [-0.2, 0) is 11.2 Å². The molecule has 2 aromatic carbocycles. The molecule has 0 aliphatic rings. The lowest BCUT2D eigenvalue weighted by molar-refractivity contribution is -0.121. The summed E-state index contributed by atoms with van der Waals surface area (Å²) in [4.78, 5) is 12.1. The van der Waals surface area contributed by atoms with Gasteiger partial charge in [0.15, 0.2) is 0 Å². The Morgan fingerprint density at radius 1 is 1.14 bits per heavy atom. The van der Waals surface area contributed by atoms with Crippen molar-refractivity contribution in [3.05, 3.63) is 65.2 Å². The first-order valence-electron chi connectivity index (χ1n) is 7.26. The van der Waals surface area contributed by atoms with Crippen LogP contribution in [0.4, 0.5) is 5.69 Å². The third kappa shape index (κ3) is 4.09. The van der Waals surface area contributed by atoms with Crippen LogP contribution >= 0.6 is 0 Å². The average molecular weight is 282 g/mol. The van der Waals surface area contributed by atoms with E-state index in [1.165, 1.54) is 5.56 Å². The van der Waals surface area contributed by atoms with E-state index in [0.29, 0.717) is 12.8 Å². The number of nitrogen functional groups attached to an aromatic ring is 1. The van der Waals surface area contributed by atoms with Gasteiger partial charge in [-0.1, -0.05) is 42.5 Å². The number of nitrogens with two attached hydrogens (primary N) is 1. The van der Waals surface area contributed by atoms with Crippen molar-refractivity contribution >= 4 is 11.6 Å². The molecule has 0 heterocycles. The molecule has 0 bridgehead atoms. The lowest BCUT2D eigenvalue weighted by Gasteiger charge is -2.16. The van der Waals surface area contributed by atoms with Crippen LogP contribution in [0.3, 0.4) is 0 Å². The van der Waals surface area contributed by atoms with Gasteiger partial charge in [0.1, 0.15) is 0 Å². The fraction of sp³-hybridized carbons (Fsp3) is 0.278. The topological polar surface area (TPSA) is 55.1 Å². The highest BCUT2D eigenvalue weighted by Gasteiger charge is 2.11. The van der Waals surface area contributed by atoms with Crippen LogP contribution in [0.5, 0.6) is 0 Å². The Hall–Kier alpha value is -2.29. The van der Waals surface area contributed by atoms with E-state index in [-0.39, 0.29) is 11.9 Å². The molecule has 1 amide bonds. The van der Waals surface area contributed by atoms with E-state index < -0.39 is 0 Å². The second-order valence-electron chi connectivity index (χ2n) is 5.34. The van der Waals surface area contributed by atoms with Gasteiger partial charge in [-0.3, -0.25) is 4.79 Å². The van der Waals surface area contributed by atoms with Crippen molar-refractivity contribution in [2.45, 2.75) is 32.7 Å². The number of aryl methyl sites for hydroxylation is 2. The molecule has 3 nitrogen and oxygen atoms in total. The summed E-state index contributed by atoms with van der Waals surface area (Å²) < 4.78 is 0. The van der Waals surface area contributed by atoms with E-state index in [4.69, 9.17) is 5.73 Å². The van der Waals surface area contributed by atoms with Crippen LogP contribution in [0.2, 0.25) is 0 Å². The molecule has 0 aliphatic heterocycles. The fourth-order valence-corrected chi connectivity index (χ4v) is 2.47. The molecule has 0 unspecified atom stereocenters. The van der Waals surface area contributed by atoms with Gasteiger partial charge in [-0.15, -0.1) is 0 Å². The number of benzene rings is 2. The number of amides is 1. The van der Waals surface area contributed by atoms with E-state index in [1.807, 2.05) is 43.3 Å². The van der Waals surface area contributed by atoms with Crippen LogP contribution in [0.15, 0.2) is 48.5 Å². The summed E-state index contributed by atoms with van der Waals surface area (Å²) in [6, 6.07) is 15.8. The Morgan fingerprint density at radius 3 is 2.52 bits per heavy atom. The molecule has 2 rings (SSSR count). The third-order valence-electron chi connectivity index (χ3n) is 3.71. The van der Waals surface area contributed by atoms with Crippen molar-refractivity contribution in [1.29, 1.82) is 0 Å². The second-order valence-corrected chi connectivity index (χ2v) is 5.34. The maximum absolute atomic E-state index is 12.1. The van der Waals surface area contributed by atoms with Gasteiger partial charge in [0.05, 0.1) is 6.04 Å². The molecule has 0 saturated carbocycles. The molecule has 0 radical (unpaired) electrons. The molecule has 21 heavy (non-hydrogen) atoms. The van der Waals surface area contributed by atoms with Crippen LogP contribution in [0.25, 0.3) is 0 Å². The van der Waals surface area contributed by atoms with E-state index in [1.54, 1.807) is 0 Å². The van der Waals surface area contributed by atoms with E-state index >= 15 is 0 Å². The molecule has 3 N–H and O–H groups in total. The van der Waals surface area contributed by atoms with Crippen molar-refractivity contribution in [3.8, 4) is 0 Å². The smallest absolute Gasteiger partial charge is 0.220 e. The predicted octanol–water partition coefficient (Wildman–Crippen LogP) is 3.39. The Morgan fingerprint density at radius 2 is 1.81 bits per heavy atom. The number of carbonyl (C=O) groups is 1. The van der Waals surface area contributed by atoms with Gasteiger partial charge >= 0.3 is 0 Å². The van der Waals surface area contributed by atoms with E-state index in [9.17, 15) is 4.79 Å². The number of carbonyl (C=O) groups excluding carboxylic acids is 1. The summed E-state index contributed by atoms with van der Waals surface area (Å²) in [6.45, 7) is 4.07. The molecule has 0 aromatic heterocycles. The fourth-order valence-electron chi connectivity index (χ4n) is 2.47. The molecule has 0 saturated heterocycles. The monoisotopic (exact) mass is 282 g/mol. The van der Waals surface area contributed by atoms with Gasteiger partial charge in [0.2, 0.25) is 5.91 Å². The first kappa shape index (κ1) is 15.1. The average Bonchev–Trinajstić information content (AvgIpc) is 2.46. The zero-order chi connectivity index (χ0) is 15.2. The number of rotatable bonds is 5. The lowest BCUT2D eigenvalue weighted by Crippen LogP contribution is -2.27. The van der Waals surface area contributed by atoms with Gasteiger partial charge in [0, 0.05) is 12.1 Å². The minimum absolute atomic E-state index is 0.0202. The summed E-state index contributed by atoms with van der Waals surface area (Å²) in [5.74, 6) is 0.0500. The Kier molecular flexibility index (Phi) is 4.99. The van der Waals surface area contributed by atoms with Gasteiger partial charge in [-0.05, 0) is 43.0 Å². The highest BCUT2D eigenvalue weighted by atomic mass is 16.1. The molecule has 0 aliphatic carbocycles. The van der Waals surface area contributed by atoms with Gasteiger partial charge in [-0.2, -0.15) is 0 Å². The van der Waals surface area contributed by atoms with Crippen LogP contribution in [0, 0.1) is 6.92 Å². The largest absolute Gasteiger partial charge is 0.399 e. The number of para-hydroxylation sites is 1. The standard InChI is InChI=1S/C18H22N2O/c1-13-7-3-5-9-16(13)14(2)20-18(21)12-11-15-8-4-6-10-17(15)19/h3-10,14H,11-12,19H2,1-2H3,(H,20,21)/t14-/m0/s1. The number of anilines is 1. The van der Waals surface area contributed by atoms with Crippen LogP contribution in [-0.4, -0.2) is 5.91 Å². The Bertz CT molecular complexity index is 622. The molecular weight excluding hydrogens is 260 g/mol. The summed E-state index contributed by atoms with van der Waals surface area (Å²) >= 11 is 0. The first-order valence-corrected chi connectivity index (χ1v) is 7.26. The highest BCUT2D eigenvalue weighted by molar-refractivity contribution is 5.77. The molecule has 0 fully saturated rings. The Balaban J connectivity index is 1.90. The van der Waals surface area contributed by atoms with Gasteiger partial charge in [-0.25, -0.2) is 0 Å². The molecule has 3 heteroatoms. The third-order valence-corrected chi connectivity index (χ3v) is 3.71. The minimum atomic E-state index is 0.0202. The van der Waals surface area contributed by atoms with Gasteiger partial charge < -0.3 is 11.1 Å². The number of hydrogen-bond donors (Lipinski definition) is 2. The maximum atomic E-state index is 12.1. The summed E-state index contributed by atoms with van der Waals surface area (Å²) in [6.07, 6.45) is 1.11. The second kappa shape index (κ2) is 6.93. The van der Waals surface area contributed by atoms with Crippen LogP contribution in [0.1, 0.15) is 36.1 Å². The summed E-state index contributed by atoms with van der Waals surface area (Å²) in [5.41, 5.74) is 10.0. The van der Waals surface area contributed by atoms with Gasteiger partial charge in [0.25, 0.3) is 0 Å². The predicted molar refractivity (Wildman–Crippen MR) is 86.9 cm³/mol. The van der Waals surface area contributed by atoms with Crippen LogP contribution < -0.4 is 11.1 Å². The normalized spacial score (nSPS) is 11.9. The zero-order valence-electron chi connectivity index (χ0n) is 12.6. The quantitative estimate of drug-likeness (QED) is 0.826. The van der Waals surface area contributed by atoms with Crippen molar-refractivity contribution in [1.82, 2.24) is 5.32 Å². The maximum Gasteiger partial charge on any atom is 0.220 e. The van der Waals surface area contributed by atoms with Crippen molar-refractivity contribution in [2.75, 3.05) is 5.73 Å². The highest BCUT2D eigenvalue weighted by Crippen LogP contribution is 2.17.